The molecule has 1 atom stereocenters. The fraction of sp³-hybridized carbons (Fsp3) is 0.143. The average molecular weight is 337 g/mol. The Hall–Kier alpha value is -1.57. The minimum absolute atomic E-state index is 0.114. The summed E-state index contributed by atoms with van der Waals surface area (Å²) < 4.78 is 0.756. The molecule has 2 aromatic rings. The van der Waals surface area contributed by atoms with E-state index < -0.39 is 0 Å². The molecule has 0 fully saturated rings. The quantitative estimate of drug-likeness (QED) is 0.837. The van der Waals surface area contributed by atoms with Crippen molar-refractivity contribution in [3.63, 3.8) is 0 Å². The topological polar surface area (TPSA) is 48.7 Å². The molecule has 3 nitrogen and oxygen atoms in total. The minimum Gasteiger partial charge on any atom is -0.377 e. The number of rotatable bonds is 3. The Bertz CT molecular complexity index is 620. The second-order valence-electron chi connectivity index (χ2n) is 4.10. The molecule has 0 saturated heterocycles. The van der Waals surface area contributed by atoms with Gasteiger partial charge in [0.2, 0.25) is 0 Å². The molecular weight excluding hydrogens is 326 g/mol. The fourth-order valence-electron chi connectivity index (χ4n) is 1.68. The van der Waals surface area contributed by atoms with Crippen LogP contribution in [0.25, 0.3) is 0 Å². The van der Waals surface area contributed by atoms with Crippen molar-refractivity contribution in [2.24, 2.45) is 0 Å². The molecule has 5 heteroatoms. The van der Waals surface area contributed by atoms with Crippen LogP contribution in [0.2, 0.25) is 5.15 Å². The van der Waals surface area contributed by atoms with Crippen LogP contribution >= 0.6 is 27.5 Å². The molecule has 19 heavy (non-hydrogen) atoms. The summed E-state index contributed by atoms with van der Waals surface area (Å²) in [5.41, 5.74) is 2.64. The van der Waals surface area contributed by atoms with Crippen LogP contribution in [0, 0.1) is 11.3 Å². The Labute approximate surface area is 125 Å². The lowest BCUT2D eigenvalue weighted by atomic mass is 10.1. The SMILES string of the molecule is CC(Nc1cnc(Cl)c(Br)c1)c1ccc(C#N)cc1. The number of hydrogen-bond donors (Lipinski definition) is 1. The maximum absolute atomic E-state index is 8.77. The Morgan fingerprint density at radius 3 is 2.63 bits per heavy atom. The van der Waals surface area contributed by atoms with Crippen molar-refractivity contribution in [1.82, 2.24) is 4.98 Å². The lowest BCUT2D eigenvalue weighted by Crippen LogP contribution is -2.06. The molecule has 1 aromatic heterocycles. The van der Waals surface area contributed by atoms with Crippen molar-refractivity contribution in [1.29, 1.82) is 5.26 Å². The molecule has 0 radical (unpaired) electrons. The smallest absolute Gasteiger partial charge is 0.143 e. The highest BCUT2D eigenvalue weighted by Crippen LogP contribution is 2.25. The number of nitrogens with one attached hydrogen (secondary N) is 1. The van der Waals surface area contributed by atoms with Crippen LogP contribution in [0.15, 0.2) is 41.0 Å². The van der Waals surface area contributed by atoms with Gasteiger partial charge in [-0.1, -0.05) is 23.7 Å². The number of hydrogen-bond acceptors (Lipinski definition) is 3. The van der Waals surface area contributed by atoms with Gasteiger partial charge in [0, 0.05) is 6.04 Å². The van der Waals surface area contributed by atoms with Crippen molar-refractivity contribution in [2.45, 2.75) is 13.0 Å². The molecular formula is C14H11BrClN3. The zero-order valence-electron chi connectivity index (χ0n) is 10.2. The summed E-state index contributed by atoms with van der Waals surface area (Å²) in [6.45, 7) is 2.05. The first-order valence-electron chi connectivity index (χ1n) is 5.68. The van der Waals surface area contributed by atoms with Gasteiger partial charge < -0.3 is 5.32 Å². The van der Waals surface area contributed by atoms with Gasteiger partial charge in [-0.15, -0.1) is 0 Å². The number of halogens is 2. The largest absolute Gasteiger partial charge is 0.377 e. The van der Waals surface area contributed by atoms with Crippen LogP contribution in [-0.2, 0) is 0 Å². The number of benzene rings is 1. The van der Waals surface area contributed by atoms with Crippen LogP contribution < -0.4 is 5.32 Å². The summed E-state index contributed by atoms with van der Waals surface area (Å²) >= 11 is 9.19. The molecule has 96 valence electrons. The lowest BCUT2D eigenvalue weighted by Gasteiger charge is -2.15. The van der Waals surface area contributed by atoms with E-state index in [-0.39, 0.29) is 6.04 Å². The molecule has 0 aliphatic carbocycles. The van der Waals surface area contributed by atoms with Gasteiger partial charge in [0.05, 0.1) is 28.0 Å². The Kier molecular flexibility index (Phi) is 4.41. The predicted molar refractivity (Wildman–Crippen MR) is 80.1 cm³/mol. The molecule has 0 amide bonds. The number of anilines is 1. The second kappa shape index (κ2) is 6.05. The van der Waals surface area contributed by atoms with Gasteiger partial charge >= 0.3 is 0 Å². The van der Waals surface area contributed by atoms with Crippen LogP contribution in [0.1, 0.15) is 24.1 Å². The summed E-state index contributed by atoms with van der Waals surface area (Å²) in [7, 11) is 0. The molecule has 0 aliphatic heterocycles. The van der Waals surface area contributed by atoms with Gasteiger partial charge in [0.1, 0.15) is 5.15 Å². The van der Waals surface area contributed by atoms with Gasteiger partial charge in [-0.05, 0) is 46.6 Å². The third kappa shape index (κ3) is 3.46. The second-order valence-corrected chi connectivity index (χ2v) is 5.31. The van der Waals surface area contributed by atoms with E-state index in [0.717, 1.165) is 15.7 Å². The third-order valence-corrected chi connectivity index (χ3v) is 3.85. The van der Waals surface area contributed by atoms with Crippen LogP contribution in [0.4, 0.5) is 5.69 Å². The van der Waals surface area contributed by atoms with E-state index in [1.54, 1.807) is 6.20 Å². The highest BCUT2D eigenvalue weighted by atomic mass is 79.9. The molecule has 0 spiro atoms. The van der Waals surface area contributed by atoms with Crippen molar-refractivity contribution in [2.75, 3.05) is 5.32 Å². The van der Waals surface area contributed by atoms with E-state index in [1.165, 1.54) is 0 Å². The summed E-state index contributed by atoms with van der Waals surface area (Å²) in [6.07, 6.45) is 1.69. The van der Waals surface area contributed by atoms with Gasteiger partial charge in [-0.3, -0.25) is 0 Å². The number of nitrogens with zero attached hydrogens (tertiary/aromatic N) is 2. The Morgan fingerprint density at radius 1 is 1.37 bits per heavy atom. The van der Waals surface area contributed by atoms with E-state index in [0.29, 0.717) is 10.7 Å². The normalized spacial score (nSPS) is 11.7. The number of nitriles is 1. The van der Waals surface area contributed by atoms with E-state index in [2.05, 4.69) is 32.3 Å². The summed E-state index contributed by atoms with van der Waals surface area (Å²) in [5, 5.41) is 12.5. The summed E-state index contributed by atoms with van der Waals surface area (Å²) in [6, 6.07) is 11.6. The van der Waals surface area contributed by atoms with E-state index >= 15 is 0 Å². The monoisotopic (exact) mass is 335 g/mol. The number of aromatic nitrogens is 1. The first-order chi connectivity index (χ1) is 9.10. The van der Waals surface area contributed by atoms with Gasteiger partial charge in [0.15, 0.2) is 0 Å². The maximum atomic E-state index is 8.77. The first kappa shape index (κ1) is 13.9. The summed E-state index contributed by atoms with van der Waals surface area (Å²) in [5.74, 6) is 0. The van der Waals surface area contributed by atoms with Gasteiger partial charge in [-0.2, -0.15) is 5.26 Å². The van der Waals surface area contributed by atoms with Crippen molar-refractivity contribution in [3.8, 4) is 6.07 Å². The zero-order chi connectivity index (χ0) is 13.8. The molecule has 1 N–H and O–H groups in total. The first-order valence-corrected chi connectivity index (χ1v) is 6.85. The lowest BCUT2D eigenvalue weighted by molar-refractivity contribution is 0.882. The molecule has 0 bridgehead atoms. The standard InChI is InChI=1S/C14H11BrClN3/c1-9(11-4-2-10(7-17)3-5-11)19-12-6-13(15)14(16)18-8-12/h2-6,8-9,19H,1H3. The van der Waals surface area contributed by atoms with E-state index in [9.17, 15) is 0 Å². The Morgan fingerprint density at radius 2 is 2.05 bits per heavy atom. The minimum atomic E-state index is 0.114. The van der Waals surface area contributed by atoms with Crippen LogP contribution in [0.3, 0.4) is 0 Å². The highest BCUT2D eigenvalue weighted by Gasteiger charge is 2.07. The van der Waals surface area contributed by atoms with E-state index in [1.807, 2.05) is 37.3 Å². The van der Waals surface area contributed by atoms with Gasteiger partial charge in [0.25, 0.3) is 0 Å². The zero-order valence-corrected chi connectivity index (χ0v) is 12.5. The maximum Gasteiger partial charge on any atom is 0.143 e. The van der Waals surface area contributed by atoms with Crippen molar-refractivity contribution >= 4 is 33.2 Å². The van der Waals surface area contributed by atoms with Gasteiger partial charge in [-0.25, -0.2) is 4.98 Å². The van der Waals surface area contributed by atoms with Crippen molar-refractivity contribution < 1.29 is 0 Å². The fourth-order valence-corrected chi connectivity index (χ4v) is 2.13. The molecule has 0 aliphatic rings. The van der Waals surface area contributed by atoms with Crippen molar-refractivity contribution in [3.05, 3.63) is 57.3 Å². The predicted octanol–water partition coefficient (Wildman–Crippen LogP) is 4.54. The van der Waals surface area contributed by atoms with Crippen LogP contribution in [-0.4, -0.2) is 4.98 Å². The molecule has 1 heterocycles. The average Bonchev–Trinajstić information content (AvgIpc) is 2.43. The Balaban J connectivity index is 2.13. The molecule has 2 rings (SSSR count). The molecule has 1 unspecified atom stereocenters. The third-order valence-electron chi connectivity index (χ3n) is 2.72. The highest BCUT2D eigenvalue weighted by molar-refractivity contribution is 9.10. The molecule has 1 aromatic carbocycles. The molecule has 0 saturated carbocycles. The van der Waals surface area contributed by atoms with Crippen LogP contribution in [0.5, 0.6) is 0 Å². The summed E-state index contributed by atoms with van der Waals surface area (Å²) in [4.78, 5) is 4.07. The van der Waals surface area contributed by atoms with E-state index in [4.69, 9.17) is 16.9 Å². The number of pyridine rings is 1.